The molecule has 4 nitrogen and oxygen atoms in total. The minimum absolute atomic E-state index is 0.206. The van der Waals surface area contributed by atoms with Crippen molar-refractivity contribution in [2.75, 3.05) is 12.0 Å². The van der Waals surface area contributed by atoms with E-state index in [0.717, 1.165) is 16.5 Å². The van der Waals surface area contributed by atoms with Crippen LogP contribution in [0, 0.1) is 0 Å². The molecule has 0 atom stereocenters. The summed E-state index contributed by atoms with van der Waals surface area (Å²) < 4.78 is 24.3. The summed E-state index contributed by atoms with van der Waals surface area (Å²) in [7, 11) is -2.90. The number of sulfone groups is 1. The van der Waals surface area contributed by atoms with Crippen LogP contribution in [0.1, 0.15) is 12.0 Å². The molecule has 0 fully saturated rings. The molecular weight excluding hydrogens is 280 g/mol. The van der Waals surface area contributed by atoms with Gasteiger partial charge >= 0.3 is 0 Å². The van der Waals surface area contributed by atoms with Gasteiger partial charge in [-0.2, -0.15) is 0 Å². The Bertz CT molecular complexity index is 717. The van der Waals surface area contributed by atoms with Gasteiger partial charge in [-0.05, 0) is 30.7 Å². The molecule has 0 spiro atoms. The standard InChI is InChI=1S/C13H16N2O2S2/c1-19(16,17)8-2-6-15-7-5-10-9-11(13(14)18)3-4-12(10)15/h3-5,7,9H,2,6,8H2,1H3,(H2,14,18). The average molecular weight is 296 g/mol. The molecule has 0 radical (unpaired) electrons. The van der Waals surface area contributed by atoms with Gasteiger partial charge in [0.25, 0.3) is 0 Å². The van der Waals surface area contributed by atoms with E-state index < -0.39 is 9.84 Å². The fraction of sp³-hybridized carbons (Fsp3) is 0.308. The van der Waals surface area contributed by atoms with Crippen molar-refractivity contribution in [1.29, 1.82) is 0 Å². The predicted molar refractivity (Wildman–Crippen MR) is 82.2 cm³/mol. The predicted octanol–water partition coefficient (Wildman–Crippen LogP) is 1.71. The number of thiocarbonyl (C=S) groups is 1. The van der Waals surface area contributed by atoms with Gasteiger partial charge in [0.2, 0.25) is 0 Å². The van der Waals surface area contributed by atoms with Crippen LogP contribution < -0.4 is 5.73 Å². The van der Waals surface area contributed by atoms with E-state index in [9.17, 15) is 8.42 Å². The summed E-state index contributed by atoms with van der Waals surface area (Å²) in [4.78, 5) is 0.381. The van der Waals surface area contributed by atoms with E-state index >= 15 is 0 Å². The van der Waals surface area contributed by atoms with Crippen molar-refractivity contribution < 1.29 is 8.42 Å². The molecule has 1 heterocycles. The van der Waals surface area contributed by atoms with Crippen LogP contribution in [0.15, 0.2) is 30.5 Å². The van der Waals surface area contributed by atoms with Gasteiger partial charge in [-0.3, -0.25) is 0 Å². The lowest BCUT2D eigenvalue weighted by Crippen LogP contribution is -2.09. The van der Waals surface area contributed by atoms with E-state index in [-0.39, 0.29) is 5.75 Å². The number of nitrogens with two attached hydrogens (primary N) is 1. The summed E-state index contributed by atoms with van der Waals surface area (Å²) >= 11 is 4.95. The van der Waals surface area contributed by atoms with Crippen LogP contribution >= 0.6 is 12.2 Å². The Morgan fingerprint density at radius 1 is 1.37 bits per heavy atom. The first-order valence-corrected chi connectivity index (χ1v) is 8.40. The molecule has 0 amide bonds. The topological polar surface area (TPSA) is 65.1 Å². The minimum Gasteiger partial charge on any atom is -0.389 e. The average Bonchev–Trinajstić information content (AvgIpc) is 2.70. The van der Waals surface area contributed by atoms with E-state index in [1.165, 1.54) is 6.26 Å². The van der Waals surface area contributed by atoms with Crippen molar-refractivity contribution in [3.8, 4) is 0 Å². The zero-order chi connectivity index (χ0) is 14.0. The molecule has 19 heavy (non-hydrogen) atoms. The minimum atomic E-state index is -2.90. The Morgan fingerprint density at radius 3 is 2.74 bits per heavy atom. The Kier molecular flexibility index (Phi) is 3.91. The van der Waals surface area contributed by atoms with Crippen LogP contribution in [0.5, 0.6) is 0 Å². The van der Waals surface area contributed by atoms with Crippen molar-refractivity contribution in [2.24, 2.45) is 5.73 Å². The fourth-order valence-corrected chi connectivity index (χ4v) is 2.83. The number of benzene rings is 1. The smallest absolute Gasteiger partial charge is 0.147 e. The maximum atomic E-state index is 11.1. The van der Waals surface area contributed by atoms with Gasteiger partial charge in [-0.15, -0.1) is 0 Å². The van der Waals surface area contributed by atoms with Gasteiger partial charge in [0.05, 0.1) is 5.75 Å². The van der Waals surface area contributed by atoms with Gasteiger partial charge < -0.3 is 10.3 Å². The SMILES string of the molecule is CS(=O)(=O)CCCn1ccc2cc(C(N)=S)ccc21. The second-order valence-electron chi connectivity index (χ2n) is 4.63. The highest BCUT2D eigenvalue weighted by atomic mass is 32.2. The number of aryl methyl sites for hydroxylation is 1. The van der Waals surface area contributed by atoms with Crippen LogP contribution in [0.3, 0.4) is 0 Å². The van der Waals surface area contributed by atoms with E-state index in [2.05, 4.69) is 0 Å². The van der Waals surface area contributed by atoms with Gasteiger partial charge in [0.15, 0.2) is 0 Å². The molecule has 1 aromatic carbocycles. The lowest BCUT2D eigenvalue weighted by molar-refractivity contribution is 0.593. The van der Waals surface area contributed by atoms with E-state index in [1.807, 2.05) is 35.0 Å². The molecule has 6 heteroatoms. The number of nitrogens with zero attached hydrogens (tertiary/aromatic N) is 1. The molecule has 0 saturated heterocycles. The normalized spacial score (nSPS) is 11.8. The quantitative estimate of drug-likeness (QED) is 0.853. The summed E-state index contributed by atoms with van der Waals surface area (Å²) in [5.74, 6) is 0.206. The molecule has 2 rings (SSSR count). The number of rotatable bonds is 5. The lowest BCUT2D eigenvalue weighted by atomic mass is 10.1. The van der Waals surface area contributed by atoms with E-state index in [1.54, 1.807) is 0 Å². The van der Waals surface area contributed by atoms with Gasteiger partial charge in [0.1, 0.15) is 14.8 Å². The van der Waals surface area contributed by atoms with Gasteiger partial charge in [-0.1, -0.05) is 12.2 Å². The van der Waals surface area contributed by atoms with Crippen LogP contribution in [0.2, 0.25) is 0 Å². The van der Waals surface area contributed by atoms with Crippen molar-refractivity contribution in [3.05, 3.63) is 36.0 Å². The number of fused-ring (bicyclic) bond motifs is 1. The first-order valence-electron chi connectivity index (χ1n) is 5.93. The third kappa shape index (κ3) is 3.54. The highest BCUT2D eigenvalue weighted by Gasteiger charge is 2.05. The molecule has 0 aliphatic heterocycles. The molecule has 0 saturated carbocycles. The fourth-order valence-electron chi connectivity index (χ4n) is 2.05. The first-order chi connectivity index (χ1) is 8.87. The molecule has 0 aliphatic rings. The van der Waals surface area contributed by atoms with Gasteiger partial charge in [-0.25, -0.2) is 8.42 Å². The second kappa shape index (κ2) is 5.30. The maximum Gasteiger partial charge on any atom is 0.147 e. The Hall–Kier alpha value is -1.40. The summed E-state index contributed by atoms with van der Waals surface area (Å²) in [6, 6.07) is 7.78. The molecule has 1 aromatic heterocycles. The summed E-state index contributed by atoms with van der Waals surface area (Å²) in [6.45, 7) is 0.684. The molecule has 0 bridgehead atoms. The van der Waals surface area contributed by atoms with Crippen molar-refractivity contribution >= 4 is 37.9 Å². The second-order valence-corrected chi connectivity index (χ2v) is 7.33. The molecular formula is C13H16N2O2S2. The Morgan fingerprint density at radius 2 is 2.11 bits per heavy atom. The molecule has 102 valence electrons. The van der Waals surface area contributed by atoms with Crippen molar-refractivity contribution in [2.45, 2.75) is 13.0 Å². The number of hydrogen-bond acceptors (Lipinski definition) is 3. The first kappa shape index (κ1) is 14.0. The largest absolute Gasteiger partial charge is 0.389 e. The molecule has 0 unspecified atom stereocenters. The molecule has 0 aliphatic carbocycles. The third-order valence-corrected chi connectivity index (χ3v) is 4.24. The highest BCUT2D eigenvalue weighted by molar-refractivity contribution is 7.90. The zero-order valence-electron chi connectivity index (χ0n) is 10.7. The summed E-state index contributed by atoms with van der Waals surface area (Å²) in [5.41, 5.74) is 7.50. The van der Waals surface area contributed by atoms with Crippen LogP contribution in [-0.2, 0) is 16.4 Å². The van der Waals surface area contributed by atoms with E-state index in [0.29, 0.717) is 18.0 Å². The van der Waals surface area contributed by atoms with Crippen LogP contribution in [0.4, 0.5) is 0 Å². The highest BCUT2D eigenvalue weighted by Crippen LogP contribution is 2.18. The Labute approximate surface area is 118 Å². The maximum absolute atomic E-state index is 11.1. The Balaban J connectivity index is 2.19. The zero-order valence-corrected chi connectivity index (χ0v) is 12.3. The third-order valence-electron chi connectivity index (χ3n) is 2.97. The molecule has 2 aromatic rings. The molecule has 2 N–H and O–H groups in total. The summed E-state index contributed by atoms with van der Waals surface area (Å²) in [5, 5.41) is 1.06. The van der Waals surface area contributed by atoms with Crippen molar-refractivity contribution in [1.82, 2.24) is 4.57 Å². The van der Waals surface area contributed by atoms with Gasteiger partial charge in [0, 0.05) is 35.5 Å². The monoisotopic (exact) mass is 296 g/mol. The van der Waals surface area contributed by atoms with Crippen LogP contribution in [-0.4, -0.2) is 30.0 Å². The number of hydrogen-bond donors (Lipinski definition) is 1. The van der Waals surface area contributed by atoms with Crippen molar-refractivity contribution in [3.63, 3.8) is 0 Å². The number of aromatic nitrogens is 1. The van der Waals surface area contributed by atoms with E-state index in [4.69, 9.17) is 18.0 Å². The van der Waals surface area contributed by atoms with Crippen LogP contribution in [0.25, 0.3) is 10.9 Å². The summed E-state index contributed by atoms with van der Waals surface area (Å²) in [6.07, 6.45) is 3.82. The lowest BCUT2D eigenvalue weighted by Gasteiger charge is -2.05.